The van der Waals surface area contributed by atoms with Gasteiger partial charge in [-0.15, -0.1) is 21.5 Å². The second-order valence-corrected chi connectivity index (χ2v) is 14.1. The number of amides is 2. The van der Waals surface area contributed by atoms with Crippen molar-refractivity contribution >= 4 is 23.3 Å². The number of nitrogens with zero attached hydrogens (tertiary/aromatic N) is 6. The molecular weight excluding hydrogens is 614 g/mol. The van der Waals surface area contributed by atoms with E-state index in [0.717, 1.165) is 34.7 Å². The van der Waals surface area contributed by atoms with Crippen molar-refractivity contribution in [1.82, 2.24) is 34.9 Å². The zero-order chi connectivity index (χ0) is 33.3. The van der Waals surface area contributed by atoms with Gasteiger partial charge in [-0.1, -0.05) is 30.3 Å². The molecule has 0 saturated carbocycles. The van der Waals surface area contributed by atoms with E-state index in [9.17, 15) is 9.59 Å². The lowest BCUT2D eigenvalue weighted by Crippen LogP contribution is -2.47. The number of aryl methyl sites for hydroxylation is 2. The summed E-state index contributed by atoms with van der Waals surface area (Å²) in [6, 6.07) is 15.2. The van der Waals surface area contributed by atoms with E-state index < -0.39 is 17.2 Å². The molecule has 0 radical (unpaired) electrons. The van der Waals surface area contributed by atoms with E-state index in [4.69, 9.17) is 9.15 Å². The molecule has 4 heterocycles. The predicted octanol–water partition coefficient (Wildman–Crippen LogP) is 6.86. The number of thiazole rings is 1. The Morgan fingerprint density at radius 1 is 1.09 bits per heavy atom. The summed E-state index contributed by atoms with van der Waals surface area (Å²) in [6.45, 7) is 9.86. The Morgan fingerprint density at radius 2 is 1.85 bits per heavy atom. The molecule has 3 aromatic heterocycles. The van der Waals surface area contributed by atoms with E-state index in [2.05, 4.69) is 25.5 Å². The first-order valence-electron chi connectivity index (χ1n) is 15.6. The van der Waals surface area contributed by atoms with Crippen LogP contribution in [0.2, 0.25) is 0 Å². The Labute approximate surface area is 278 Å². The second-order valence-electron chi connectivity index (χ2n) is 13.2. The van der Waals surface area contributed by atoms with Crippen molar-refractivity contribution in [2.75, 3.05) is 6.54 Å². The van der Waals surface area contributed by atoms with E-state index in [1.807, 2.05) is 105 Å². The Bertz CT molecular complexity index is 1890. The molecule has 1 aliphatic rings. The van der Waals surface area contributed by atoms with Gasteiger partial charge in [0.15, 0.2) is 0 Å². The number of rotatable bonds is 8. The summed E-state index contributed by atoms with van der Waals surface area (Å²) in [6.07, 6.45) is 5.11. The Kier molecular flexibility index (Phi) is 8.71. The van der Waals surface area contributed by atoms with Crippen molar-refractivity contribution in [1.29, 1.82) is 0 Å². The van der Waals surface area contributed by atoms with Gasteiger partial charge in [0.05, 0.1) is 6.04 Å². The summed E-state index contributed by atoms with van der Waals surface area (Å²) in [4.78, 5) is 38.3. The standard InChI is InChI=1S/C35H39N7O4S/c1-22-21-47-30(37-22)27-13-10-15-42(27)31(43)26-18-24(28-36-14-16-41(28)6)17-25(19-26)29-39-40-32(45-29)35(5,20-23-11-8-7-9-12-23)38-33(44)46-34(2,3)4/h7-9,11-12,14,16-19,21,27H,10,13,15,20H2,1-6H3,(H,38,44)/t27-,35-/m1/s1. The molecule has 1 fully saturated rings. The highest BCUT2D eigenvalue weighted by Crippen LogP contribution is 2.37. The topological polar surface area (TPSA) is 128 Å². The highest BCUT2D eigenvalue weighted by molar-refractivity contribution is 7.09. The van der Waals surface area contributed by atoms with Crippen LogP contribution in [0.15, 0.2) is 70.7 Å². The monoisotopic (exact) mass is 653 g/mol. The van der Waals surface area contributed by atoms with Gasteiger partial charge in [0.2, 0.25) is 11.8 Å². The van der Waals surface area contributed by atoms with E-state index in [1.54, 1.807) is 23.6 Å². The lowest BCUT2D eigenvalue weighted by atomic mass is 9.92. The van der Waals surface area contributed by atoms with Gasteiger partial charge < -0.3 is 23.9 Å². The van der Waals surface area contributed by atoms with Crippen LogP contribution in [-0.2, 0) is 23.7 Å². The summed E-state index contributed by atoms with van der Waals surface area (Å²) in [5.41, 5.74) is 1.91. The highest BCUT2D eigenvalue weighted by atomic mass is 32.1. The van der Waals surface area contributed by atoms with E-state index in [0.29, 0.717) is 29.9 Å². The lowest BCUT2D eigenvalue weighted by Gasteiger charge is -2.29. The summed E-state index contributed by atoms with van der Waals surface area (Å²) in [7, 11) is 1.90. The summed E-state index contributed by atoms with van der Waals surface area (Å²) in [5.74, 6) is 1.01. The molecule has 11 nitrogen and oxygen atoms in total. The molecule has 6 rings (SSSR count). The quantitative estimate of drug-likeness (QED) is 0.192. The molecule has 2 amide bonds. The van der Waals surface area contributed by atoms with Gasteiger partial charge >= 0.3 is 6.09 Å². The Hall–Kier alpha value is -4.84. The molecular formula is C35H39N7O4S. The maximum absolute atomic E-state index is 14.2. The second kappa shape index (κ2) is 12.7. The molecule has 1 aliphatic heterocycles. The highest BCUT2D eigenvalue weighted by Gasteiger charge is 2.37. The van der Waals surface area contributed by atoms with Crippen LogP contribution < -0.4 is 5.32 Å². The maximum Gasteiger partial charge on any atom is 0.408 e. The molecule has 0 unspecified atom stereocenters. The van der Waals surface area contributed by atoms with Crippen molar-refractivity contribution < 1.29 is 18.7 Å². The normalized spacial score (nSPS) is 16.2. The van der Waals surface area contributed by atoms with Crippen LogP contribution in [0.25, 0.3) is 22.8 Å². The third-order valence-corrected chi connectivity index (χ3v) is 9.08. The number of alkyl carbamates (subject to hydrolysis) is 1. The number of nitrogens with one attached hydrogen (secondary N) is 1. The van der Waals surface area contributed by atoms with Gasteiger partial charge in [-0.2, -0.15) is 0 Å². The molecule has 1 N–H and O–H groups in total. The minimum atomic E-state index is -1.10. The van der Waals surface area contributed by atoms with Crippen molar-refractivity contribution in [3.8, 4) is 22.8 Å². The van der Waals surface area contributed by atoms with E-state index in [1.165, 1.54) is 0 Å². The minimum Gasteiger partial charge on any atom is -0.444 e. The summed E-state index contributed by atoms with van der Waals surface area (Å²) >= 11 is 1.59. The van der Waals surface area contributed by atoms with Gasteiger partial charge in [-0.05, 0) is 71.2 Å². The maximum atomic E-state index is 14.2. The van der Waals surface area contributed by atoms with Gasteiger partial charge in [-0.3, -0.25) is 4.79 Å². The average molecular weight is 654 g/mol. The van der Waals surface area contributed by atoms with Crippen molar-refractivity contribution in [2.45, 2.75) is 71.1 Å². The van der Waals surface area contributed by atoms with Crippen LogP contribution in [0.3, 0.4) is 0 Å². The smallest absolute Gasteiger partial charge is 0.408 e. The fourth-order valence-electron chi connectivity index (χ4n) is 5.87. The molecule has 12 heteroatoms. The molecule has 2 aromatic carbocycles. The first-order chi connectivity index (χ1) is 22.4. The van der Waals surface area contributed by atoms with Crippen LogP contribution >= 0.6 is 11.3 Å². The van der Waals surface area contributed by atoms with Crippen LogP contribution in [0.1, 0.15) is 79.1 Å². The minimum absolute atomic E-state index is 0.0749. The van der Waals surface area contributed by atoms with Gasteiger partial charge in [0.1, 0.15) is 22.0 Å². The van der Waals surface area contributed by atoms with Crippen LogP contribution in [0.4, 0.5) is 4.79 Å². The van der Waals surface area contributed by atoms with Crippen LogP contribution in [0, 0.1) is 6.92 Å². The Morgan fingerprint density at radius 3 is 2.53 bits per heavy atom. The van der Waals surface area contributed by atoms with Crippen molar-refractivity contribution in [3.63, 3.8) is 0 Å². The molecule has 0 aliphatic carbocycles. The predicted molar refractivity (Wildman–Crippen MR) is 179 cm³/mol. The molecule has 0 bridgehead atoms. The molecule has 0 spiro atoms. The van der Waals surface area contributed by atoms with Crippen molar-refractivity contribution in [2.24, 2.45) is 7.05 Å². The van der Waals surface area contributed by atoms with Crippen molar-refractivity contribution in [3.05, 3.63) is 94.0 Å². The number of hydrogen-bond acceptors (Lipinski definition) is 9. The van der Waals surface area contributed by atoms with Crippen LogP contribution in [0.5, 0.6) is 0 Å². The number of imidazole rings is 1. The number of carbonyl (C=O) groups excluding carboxylic acids is 2. The average Bonchev–Trinajstić information content (AvgIpc) is 3.83. The number of likely N-dealkylation sites (tertiary alicyclic amines) is 1. The van der Waals surface area contributed by atoms with E-state index in [-0.39, 0.29) is 23.7 Å². The number of carbonyl (C=O) groups is 2. The number of aromatic nitrogens is 5. The molecule has 244 valence electrons. The fraction of sp³-hybridized carbons (Fsp3) is 0.371. The number of ether oxygens (including phenoxy) is 1. The van der Waals surface area contributed by atoms with Crippen LogP contribution in [-0.4, -0.2) is 53.8 Å². The first kappa shape index (κ1) is 32.1. The lowest BCUT2D eigenvalue weighted by molar-refractivity contribution is 0.0443. The molecule has 5 aromatic rings. The largest absolute Gasteiger partial charge is 0.444 e. The van der Waals surface area contributed by atoms with Gasteiger partial charge in [0.25, 0.3) is 5.91 Å². The zero-order valence-electron chi connectivity index (χ0n) is 27.5. The van der Waals surface area contributed by atoms with Gasteiger partial charge in [0, 0.05) is 60.2 Å². The number of benzene rings is 2. The molecule has 47 heavy (non-hydrogen) atoms. The third-order valence-electron chi connectivity index (χ3n) is 8.02. The Balaban J connectivity index is 1.38. The fourth-order valence-corrected chi connectivity index (χ4v) is 6.82. The summed E-state index contributed by atoms with van der Waals surface area (Å²) < 4.78 is 13.8. The zero-order valence-corrected chi connectivity index (χ0v) is 28.3. The molecule has 1 saturated heterocycles. The van der Waals surface area contributed by atoms with Gasteiger partial charge in [-0.25, -0.2) is 14.8 Å². The SMILES string of the molecule is Cc1csc([C@H]2CCCN2C(=O)c2cc(-c3nnc([C@@](C)(Cc4ccccc4)NC(=O)OC(C)(C)C)o3)cc(-c3nccn3C)c2)n1. The molecule has 2 atom stereocenters. The van der Waals surface area contributed by atoms with E-state index >= 15 is 0 Å². The number of hydrogen-bond donors (Lipinski definition) is 1. The first-order valence-corrected chi connectivity index (χ1v) is 16.5. The third kappa shape index (κ3) is 7.12. The summed E-state index contributed by atoms with van der Waals surface area (Å²) in [5, 5.41) is 14.8.